The van der Waals surface area contributed by atoms with Crippen molar-refractivity contribution in [1.82, 2.24) is 20.9 Å². The first-order chi connectivity index (χ1) is 15.7. The highest BCUT2D eigenvalue weighted by atomic mass is 32.2. The van der Waals surface area contributed by atoms with E-state index in [2.05, 4.69) is 48.0 Å². The Hall–Kier alpha value is -1.61. The molecular formula is C25H38N4O3S. The Labute approximate surface area is 201 Å². The van der Waals surface area contributed by atoms with Gasteiger partial charge in [0.25, 0.3) is 0 Å². The van der Waals surface area contributed by atoms with Crippen LogP contribution in [0.5, 0.6) is 0 Å². The van der Waals surface area contributed by atoms with E-state index in [1.807, 2.05) is 11.0 Å². The number of nitrogens with zero attached hydrogens (tertiary/aromatic N) is 1. The van der Waals surface area contributed by atoms with Crippen molar-refractivity contribution in [2.45, 2.75) is 88.6 Å². The molecule has 0 radical (unpaired) electrons. The number of fused-ring (bicyclic) bond motifs is 2. The van der Waals surface area contributed by atoms with Gasteiger partial charge in [-0.25, -0.2) is 0 Å². The van der Waals surface area contributed by atoms with Crippen molar-refractivity contribution in [1.29, 1.82) is 0 Å². The van der Waals surface area contributed by atoms with E-state index in [9.17, 15) is 14.7 Å². The summed E-state index contributed by atoms with van der Waals surface area (Å²) in [6, 6.07) is 7.15. The molecule has 182 valence electrons. The summed E-state index contributed by atoms with van der Waals surface area (Å²) < 4.78 is 0. The number of carbonyl (C=O) groups is 2. The summed E-state index contributed by atoms with van der Waals surface area (Å²) in [6.45, 7) is 6.03. The third kappa shape index (κ3) is 4.94. The van der Waals surface area contributed by atoms with Gasteiger partial charge in [-0.2, -0.15) is 0 Å². The molecule has 33 heavy (non-hydrogen) atoms. The highest BCUT2D eigenvalue weighted by molar-refractivity contribution is 7.99. The predicted octanol–water partition coefficient (Wildman–Crippen LogP) is 2.15. The monoisotopic (exact) mass is 474 g/mol. The maximum Gasteiger partial charge on any atom is 0.238 e. The smallest absolute Gasteiger partial charge is 0.238 e. The topological polar surface area (TPSA) is 93.7 Å². The zero-order valence-electron chi connectivity index (χ0n) is 20.1. The van der Waals surface area contributed by atoms with Gasteiger partial charge in [-0.15, -0.1) is 11.8 Å². The zero-order chi connectivity index (χ0) is 23.8. The normalized spacial score (nSPS) is 32.2. The highest BCUT2D eigenvalue weighted by Crippen LogP contribution is 2.47. The molecule has 1 aromatic carbocycles. The van der Waals surface area contributed by atoms with Gasteiger partial charge in [0.15, 0.2) is 0 Å². The molecule has 8 heteroatoms. The summed E-state index contributed by atoms with van der Waals surface area (Å²) in [5.74, 6) is 0.667. The van der Waals surface area contributed by atoms with Gasteiger partial charge in [0, 0.05) is 0 Å². The Balaban J connectivity index is 1.55. The predicted molar refractivity (Wildman–Crippen MR) is 132 cm³/mol. The van der Waals surface area contributed by atoms with Crippen molar-refractivity contribution >= 4 is 23.6 Å². The number of likely N-dealkylation sites (N-methyl/N-ethyl adjacent to an activating group) is 1. The Morgan fingerprint density at radius 2 is 1.97 bits per heavy atom. The maximum atomic E-state index is 13.8. The molecule has 2 saturated heterocycles. The van der Waals surface area contributed by atoms with Crippen molar-refractivity contribution < 1.29 is 14.7 Å². The molecule has 3 aliphatic rings. The lowest BCUT2D eigenvalue weighted by Crippen LogP contribution is -2.60. The van der Waals surface area contributed by atoms with Gasteiger partial charge in [-0.3, -0.25) is 14.5 Å². The molecular weight excluding hydrogens is 436 g/mol. The second-order valence-electron chi connectivity index (χ2n) is 10.3. The van der Waals surface area contributed by atoms with E-state index in [1.165, 1.54) is 11.1 Å². The van der Waals surface area contributed by atoms with Crippen molar-refractivity contribution in [3.63, 3.8) is 0 Å². The van der Waals surface area contributed by atoms with Crippen LogP contribution < -0.4 is 16.0 Å². The van der Waals surface area contributed by atoms with Gasteiger partial charge in [0.1, 0.15) is 6.23 Å². The van der Waals surface area contributed by atoms with Crippen LogP contribution in [0.1, 0.15) is 63.6 Å². The maximum absolute atomic E-state index is 13.8. The summed E-state index contributed by atoms with van der Waals surface area (Å²) in [7, 11) is 1.74. The number of benzene rings is 1. The van der Waals surface area contributed by atoms with E-state index < -0.39 is 18.3 Å². The highest BCUT2D eigenvalue weighted by Gasteiger charge is 2.55. The number of amides is 2. The summed E-state index contributed by atoms with van der Waals surface area (Å²) in [5.41, 5.74) is 2.23. The van der Waals surface area contributed by atoms with E-state index in [4.69, 9.17) is 0 Å². The average molecular weight is 475 g/mol. The summed E-state index contributed by atoms with van der Waals surface area (Å²) in [5, 5.41) is 20.8. The number of aliphatic hydroxyl groups is 1. The van der Waals surface area contributed by atoms with E-state index in [-0.39, 0.29) is 34.7 Å². The van der Waals surface area contributed by atoms with Crippen LogP contribution in [0.3, 0.4) is 0 Å². The molecule has 0 bridgehead atoms. The number of aliphatic hydroxyl groups excluding tert-OH is 1. The number of nitrogens with one attached hydrogen (secondary N) is 3. The van der Waals surface area contributed by atoms with Crippen LogP contribution in [0, 0.1) is 5.41 Å². The van der Waals surface area contributed by atoms with Crippen molar-refractivity contribution in [2.24, 2.45) is 5.41 Å². The average Bonchev–Trinajstić information content (AvgIpc) is 2.99. The molecule has 2 heterocycles. The molecule has 0 spiro atoms. The molecule has 1 aliphatic carbocycles. The Kier molecular flexibility index (Phi) is 7.38. The third-order valence-electron chi connectivity index (χ3n) is 7.56. The van der Waals surface area contributed by atoms with Gasteiger partial charge in [0.2, 0.25) is 11.8 Å². The van der Waals surface area contributed by atoms with Crippen LogP contribution in [0.2, 0.25) is 0 Å². The second-order valence-corrected chi connectivity index (χ2v) is 11.6. The van der Waals surface area contributed by atoms with E-state index in [0.717, 1.165) is 31.4 Å². The Morgan fingerprint density at radius 1 is 1.21 bits per heavy atom. The number of hydrogen-bond donors (Lipinski definition) is 4. The minimum atomic E-state index is -0.908. The minimum absolute atomic E-state index is 0.000974. The third-order valence-corrected chi connectivity index (χ3v) is 8.83. The lowest BCUT2D eigenvalue weighted by Gasteiger charge is -2.39. The van der Waals surface area contributed by atoms with Crippen molar-refractivity contribution in [3.8, 4) is 0 Å². The van der Waals surface area contributed by atoms with Gasteiger partial charge in [0.05, 0.1) is 29.5 Å². The molecule has 6 atom stereocenters. The summed E-state index contributed by atoms with van der Waals surface area (Å²) >= 11 is 1.78. The molecule has 0 saturated carbocycles. The zero-order valence-corrected chi connectivity index (χ0v) is 21.0. The van der Waals surface area contributed by atoms with Crippen LogP contribution >= 0.6 is 11.8 Å². The van der Waals surface area contributed by atoms with Crippen molar-refractivity contribution in [3.05, 3.63) is 35.4 Å². The first-order valence-corrected chi connectivity index (χ1v) is 13.2. The number of rotatable bonds is 5. The molecule has 7 nitrogen and oxygen atoms in total. The molecule has 2 amide bonds. The first kappa shape index (κ1) is 24.5. The lowest BCUT2D eigenvalue weighted by atomic mass is 9.83. The van der Waals surface area contributed by atoms with E-state index >= 15 is 0 Å². The number of thioether (sulfide) groups is 1. The fraction of sp³-hybridized carbons (Fsp3) is 0.680. The fourth-order valence-corrected chi connectivity index (χ4v) is 7.25. The van der Waals surface area contributed by atoms with Gasteiger partial charge in [-0.05, 0) is 68.4 Å². The summed E-state index contributed by atoms with van der Waals surface area (Å²) in [4.78, 5) is 28.3. The van der Waals surface area contributed by atoms with Gasteiger partial charge in [-0.1, -0.05) is 38.1 Å². The number of carbonyl (C=O) groups excluding carboxylic acids is 2. The van der Waals surface area contributed by atoms with Crippen LogP contribution in [0.15, 0.2) is 24.3 Å². The standard InChI is InChI=1S/C25H38N4O3S/c1-15(26-4)22(30)28-19-12-13-33-20-14-25(2,3)21(29(20)24(19)32)23(31)27-18-11-7-9-16-8-5-6-10-17(16)18/h5-6,8,10,15,18-21,24,26,32H,7,9,11-14H2,1-4H3,(H,27,31)(H,28,30)/t15-,18+,19-,20-,21?,24?/m0/s1. The van der Waals surface area contributed by atoms with Gasteiger partial charge >= 0.3 is 0 Å². The molecule has 2 aliphatic heterocycles. The molecule has 0 aromatic heterocycles. The lowest BCUT2D eigenvalue weighted by molar-refractivity contribution is -0.136. The molecule has 1 aromatic rings. The van der Waals surface area contributed by atoms with E-state index in [1.54, 1.807) is 25.7 Å². The molecule has 4 N–H and O–H groups in total. The second kappa shape index (κ2) is 9.94. The quantitative estimate of drug-likeness (QED) is 0.523. The summed E-state index contributed by atoms with van der Waals surface area (Å²) in [6.07, 6.45) is 3.62. The van der Waals surface area contributed by atoms with Crippen LogP contribution in [0.4, 0.5) is 0 Å². The van der Waals surface area contributed by atoms with Crippen LogP contribution in [0.25, 0.3) is 0 Å². The van der Waals surface area contributed by atoms with Crippen LogP contribution in [-0.2, 0) is 16.0 Å². The number of aryl methyl sites for hydroxylation is 1. The Bertz CT molecular complexity index is 879. The largest absolute Gasteiger partial charge is 0.376 e. The van der Waals surface area contributed by atoms with E-state index in [0.29, 0.717) is 6.42 Å². The number of hydrogen-bond acceptors (Lipinski definition) is 6. The molecule has 4 rings (SSSR count). The molecule has 2 unspecified atom stereocenters. The fourth-order valence-electron chi connectivity index (χ4n) is 5.62. The molecule has 2 fully saturated rings. The van der Waals surface area contributed by atoms with Crippen molar-refractivity contribution in [2.75, 3.05) is 12.8 Å². The minimum Gasteiger partial charge on any atom is -0.376 e. The van der Waals surface area contributed by atoms with Crippen LogP contribution in [-0.4, -0.2) is 64.3 Å². The first-order valence-electron chi connectivity index (χ1n) is 12.2. The SMILES string of the molecule is CN[C@@H](C)C(=O)N[C@H]1CCS[C@H]2CC(C)(C)C(C(=O)N[C@@H]3CCCc4ccccc43)N2C1O. The Morgan fingerprint density at radius 3 is 2.73 bits per heavy atom. The van der Waals surface area contributed by atoms with Gasteiger partial charge < -0.3 is 21.1 Å².